The molecule has 0 saturated carbocycles. The van der Waals surface area contributed by atoms with E-state index in [-0.39, 0.29) is 17.8 Å². The first kappa shape index (κ1) is 21.4. The van der Waals surface area contributed by atoms with Gasteiger partial charge < -0.3 is 10.1 Å². The zero-order valence-corrected chi connectivity index (χ0v) is 17.0. The van der Waals surface area contributed by atoms with Crippen molar-refractivity contribution in [2.24, 2.45) is 0 Å². The zero-order valence-electron chi connectivity index (χ0n) is 15.4. The number of nitrogens with one attached hydrogen (secondary N) is 1. The number of benzene rings is 1. The van der Waals surface area contributed by atoms with Crippen molar-refractivity contribution >= 4 is 51.8 Å². The highest BCUT2D eigenvalue weighted by Gasteiger charge is 2.25. The van der Waals surface area contributed by atoms with Crippen molar-refractivity contribution in [1.29, 1.82) is 0 Å². The van der Waals surface area contributed by atoms with Gasteiger partial charge in [0.25, 0.3) is 0 Å². The molecule has 0 aromatic heterocycles. The number of nitrogens with zero attached hydrogens (tertiary/aromatic N) is 1. The molecule has 2 rings (SSSR count). The Morgan fingerprint density at radius 3 is 2.59 bits per heavy atom. The monoisotopic (exact) mass is 408 g/mol. The normalized spacial score (nSPS) is 13.7. The average Bonchev–Trinajstić information content (AvgIpc) is 2.97. The maximum Gasteiger partial charge on any atom is 0.338 e. The number of anilines is 1. The van der Waals surface area contributed by atoms with Crippen molar-refractivity contribution in [2.75, 3.05) is 24.2 Å². The Morgan fingerprint density at radius 1 is 1.22 bits per heavy atom. The van der Waals surface area contributed by atoms with Crippen molar-refractivity contribution in [2.45, 2.75) is 39.0 Å². The third-order valence-corrected chi connectivity index (χ3v) is 5.44. The average molecular weight is 409 g/mol. The number of ether oxygens (including phenoxy) is 1. The fourth-order valence-electron chi connectivity index (χ4n) is 2.46. The summed E-state index contributed by atoms with van der Waals surface area (Å²) in [4.78, 5) is 37.1. The van der Waals surface area contributed by atoms with Gasteiger partial charge in [0.15, 0.2) is 0 Å². The minimum atomic E-state index is -0.353. The van der Waals surface area contributed by atoms with E-state index in [1.807, 2.05) is 6.92 Å². The molecule has 0 spiro atoms. The van der Waals surface area contributed by atoms with Gasteiger partial charge in [0.05, 0.1) is 17.9 Å². The first-order chi connectivity index (χ1) is 13.0. The Kier molecular flexibility index (Phi) is 8.74. The molecule has 6 nitrogen and oxygen atoms in total. The first-order valence-corrected chi connectivity index (χ1v) is 10.4. The summed E-state index contributed by atoms with van der Waals surface area (Å²) in [5.41, 5.74) is 1.10. The molecule has 0 bridgehead atoms. The first-order valence-electron chi connectivity index (χ1n) is 9.05. The fraction of sp³-hybridized carbons (Fsp3) is 0.474. The molecule has 1 aliphatic rings. The third-order valence-electron chi connectivity index (χ3n) is 4.01. The molecule has 2 amide bonds. The van der Waals surface area contributed by atoms with Crippen LogP contribution >= 0.6 is 24.0 Å². The lowest BCUT2D eigenvalue weighted by Crippen LogP contribution is -2.29. The van der Waals surface area contributed by atoms with Crippen molar-refractivity contribution < 1.29 is 19.1 Å². The van der Waals surface area contributed by atoms with Gasteiger partial charge in [-0.25, -0.2) is 4.79 Å². The quantitative estimate of drug-likeness (QED) is 0.362. The van der Waals surface area contributed by atoms with Crippen LogP contribution in [0.3, 0.4) is 0 Å². The maximum absolute atomic E-state index is 12.0. The number of carbonyl (C=O) groups is 3. The Balaban J connectivity index is 1.68. The van der Waals surface area contributed by atoms with Crippen molar-refractivity contribution in [3.63, 3.8) is 0 Å². The van der Waals surface area contributed by atoms with E-state index >= 15 is 0 Å². The summed E-state index contributed by atoms with van der Waals surface area (Å²) < 4.78 is 5.77. The highest BCUT2D eigenvalue weighted by Crippen LogP contribution is 2.20. The second-order valence-electron chi connectivity index (χ2n) is 6.17. The van der Waals surface area contributed by atoms with Gasteiger partial charge in [-0.2, -0.15) is 0 Å². The number of rotatable bonds is 10. The highest BCUT2D eigenvalue weighted by atomic mass is 32.2. The standard InChI is InChI=1S/C19H24N2O4S2/c1-2-3-12-25-18(24)14-7-9-15(10-8-14)20-16(22)6-4-5-11-21-17(23)13-27-19(21)26/h7-10H,2-6,11-13H2,1H3,(H,20,22). The number of esters is 1. The number of thioether (sulfide) groups is 1. The fourth-order valence-corrected chi connectivity index (χ4v) is 3.58. The minimum absolute atomic E-state index is 0.0442. The number of amides is 2. The summed E-state index contributed by atoms with van der Waals surface area (Å²) in [5, 5.41) is 2.80. The molecule has 0 atom stereocenters. The van der Waals surface area contributed by atoms with E-state index in [1.165, 1.54) is 11.8 Å². The summed E-state index contributed by atoms with van der Waals surface area (Å²) in [6.45, 7) is 3.01. The van der Waals surface area contributed by atoms with E-state index in [1.54, 1.807) is 29.2 Å². The van der Waals surface area contributed by atoms with Crippen LogP contribution in [-0.2, 0) is 14.3 Å². The molecule has 0 radical (unpaired) electrons. The van der Waals surface area contributed by atoms with Crippen molar-refractivity contribution in [3.8, 4) is 0 Å². The summed E-state index contributed by atoms with van der Waals surface area (Å²) in [6.07, 6.45) is 3.57. The molecular weight excluding hydrogens is 384 g/mol. The number of hydrogen-bond donors (Lipinski definition) is 1. The minimum Gasteiger partial charge on any atom is -0.462 e. The predicted molar refractivity (Wildman–Crippen MR) is 111 cm³/mol. The van der Waals surface area contributed by atoms with Gasteiger partial charge in [-0.3, -0.25) is 14.5 Å². The molecule has 1 saturated heterocycles. The molecule has 0 unspecified atom stereocenters. The summed E-state index contributed by atoms with van der Waals surface area (Å²) >= 11 is 6.50. The van der Waals surface area contributed by atoms with E-state index < -0.39 is 0 Å². The van der Waals surface area contributed by atoms with Gasteiger partial charge in [-0.15, -0.1) is 0 Å². The number of unbranched alkanes of at least 4 members (excludes halogenated alkanes) is 2. The van der Waals surface area contributed by atoms with Crippen LogP contribution in [0.25, 0.3) is 0 Å². The second kappa shape index (κ2) is 11.0. The molecule has 27 heavy (non-hydrogen) atoms. The maximum atomic E-state index is 12.0. The SMILES string of the molecule is CCCCOC(=O)c1ccc(NC(=O)CCCCN2C(=O)CSC2=S)cc1. The van der Waals surface area contributed by atoms with Gasteiger partial charge in [-0.1, -0.05) is 37.3 Å². The molecule has 1 aromatic rings. The van der Waals surface area contributed by atoms with E-state index in [0.29, 0.717) is 47.3 Å². The van der Waals surface area contributed by atoms with Gasteiger partial charge in [-0.05, 0) is 43.5 Å². The lowest BCUT2D eigenvalue weighted by Gasteiger charge is -2.14. The van der Waals surface area contributed by atoms with Crippen molar-refractivity contribution in [3.05, 3.63) is 29.8 Å². The third kappa shape index (κ3) is 6.95. The van der Waals surface area contributed by atoms with Crippen LogP contribution in [-0.4, -0.2) is 45.9 Å². The lowest BCUT2D eigenvalue weighted by molar-refractivity contribution is -0.124. The Bertz CT molecular complexity index is 675. The summed E-state index contributed by atoms with van der Waals surface area (Å²) in [5.74, 6) is 0.0103. The van der Waals surface area contributed by atoms with Crippen molar-refractivity contribution in [1.82, 2.24) is 4.90 Å². The number of thiocarbonyl (C=S) groups is 1. The topological polar surface area (TPSA) is 75.7 Å². The molecule has 1 fully saturated rings. The Hall–Kier alpha value is -1.93. The van der Waals surface area contributed by atoms with Crippen LogP contribution in [0.1, 0.15) is 49.4 Å². The van der Waals surface area contributed by atoms with Crippen LogP contribution in [0, 0.1) is 0 Å². The Morgan fingerprint density at radius 2 is 1.96 bits per heavy atom. The van der Waals surface area contributed by atoms with Crippen LogP contribution in [0.4, 0.5) is 5.69 Å². The summed E-state index contributed by atoms with van der Waals surface area (Å²) in [6, 6.07) is 6.66. The summed E-state index contributed by atoms with van der Waals surface area (Å²) in [7, 11) is 0. The molecule has 1 N–H and O–H groups in total. The Labute approximate surface area is 169 Å². The van der Waals surface area contributed by atoms with Crippen LogP contribution in [0.2, 0.25) is 0 Å². The number of carbonyl (C=O) groups excluding carboxylic acids is 3. The number of hydrogen-bond acceptors (Lipinski definition) is 6. The van der Waals surface area contributed by atoms with Crippen LogP contribution in [0.5, 0.6) is 0 Å². The lowest BCUT2D eigenvalue weighted by atomic mass is 10.2. The smallest absolute Gasteiger partial charge is 0.338 e. The molecule has 1 aromatic carbocycles. The van der Waals surface area contributed by atoms with Crippen LogP contribution < -0.4 is 5.32 Å². The molecule has 146 valence electrons. The molecule has 8 heteroatoms. The largest absolute Gasteiger partial charge is 0.462 e. The van der Waals surface area contributed by atoms with E-state index in [0.717, 1.165) is 19.3 Å². The van der Waals surface area contributed by atoms with Gasteiger partial charge in [0.1, 0.15) is 4.32 Å². The molecule has 1 aliphatic heterocycles. The van der Waals surface area contributed by atoms with E-state index in [9.17, 15) is 14.4 Å². The zero-order chi connectivity index (χ0) is 19.6. The van der Waals surface area contributed by atoms with Gasteiger partial charge in [0, 0.05) is 18.7 Å². The molecule has 1 heterocycles. The van der Waals surface area contributed by atoms with Gasteiger partial charge >= 0.3 is 5.97 Å². The van der Waals surface area contributed by atoms with E-state index in [4.69, 9.17) is 17.0 Å². The predicted octanol–water partition coefficient (Wildman–Crippen LogP) is 3.61. The molecule has 0 aliphatic carbocycles. The molecular formula is C19H24N2O4S2. The second-order valence-corrected chi connectivity index (χ2v) is 7.78. The van der Waals surface area contributed by atoms with E-state index in [2.05, 4.69) is 5.32 Å². The highest BCUT2D eigenvalue weighted by molar-refractivity contribution is 8.23. The van der Waals surface area contributed by atoms with Crippen LogP contribution in [0.15, 0.2) is 24.3 Å². The van der Waals surface area contributed by atoms with Gasteiger partial charge in [0.2, 0.25) is 11.8 Å².